The summed E-state index contributed by atoms with van der Waals surface area (Å²) in [5, 5.41) is 20.5. The highest BCUT2D eigenvalue weighted by Crippen LogP contribution is 2.21. The van der Waals surface area contributed by atoms with Crippen molar-refractivity contribution >= 4 is 0 Å². The summed E-state index contributed by atoms with van der Waals surface area (Å²) in [7, 11) is 0. The number of nitrogens with one attached hydrogen (secondary N) is 1. The van der Waals surface area contributed by atoms with Gasteiger partial charge in [0.05, 0.1) is 6.10 Å². The van der Waals surface area contributed by atoms with Crippen molar-refractivity contribution in [1.29, 1.82) is 0 Å². The van der Waals surface area contributed by atoms with E-state index in [1.165, 1.54) is 0 Å². The molecule has 1 rings (SSSR count). The number of halogens is 3. The smallest absolute Gasteiger partial charge is 0.392 e. The van der Waals surface area contributed by atoms with Crippen molar-refractivity contribution in [3.63, 3.8) is 0 Å². The lowest BCUT2D eigenvalue weighted by Gasteiger charge is -2.20. The van der Waals surface area contributed by atoms with Crippen LogP contribution in [0.3, 0.4) is 0 Å². The Morgan fingerprint density at radius 3 is 2.43 bits per heavy atom. The zero-order valence-electron chi connectivity index (χ0n) is 7.59. The molecule has 0 aromatic rings. The lowest BCUT2D eigenvalue weighted by atomic mass is 10.2. The maximum Gasteiger partial charge on any atom is 0.415 e. The Labute approximate surface area is 79.9 Å². The fourth-order valence-corrected chi connectivity index (χ4v) is 1.56. The third-order valence-electron chi connectivity index (χ3n) is 2.43. The standard InChI is InChI=1S/C8H14F3NO2/c9-8(10,11)7(14)4-12-5-2-1-3-6(5)13/h5-7,12-14H,1-4H2/t5-,6-,7?/m0/s1. The van der Waals surface area contributed by atoms with E-state index in [-0.39, 0.29) is 6.04 Å². The van der Waals surface area contributed by atoms with E-state index in [2.05, 4.69) is 5.32 Å². The van der Waals surface area contributed by atoms with E-state index in [1.54, 1.807) is 0 Å². The Balaban J connectivity index is 2.26. The summed E-state index contributed by atoms with van der Waals surface area (Å²) in [5.74, 6) is 0. The SMILES string of the molecule is OC(CN[C@H]1CCC[C@@H]1O)C(F)(F)F. The van der Waals surface area contributed by atoms with Crippen molar-refractivity contribution in [1.82, 2.24) is 5.32 Å². The maximum atomic E-state index is 11.9. The molecule has 0 amide bonds. The second kappa shape index (κ2) is 4.46. The van der Waals surface area contributed by atoms with Crippen LogP contribution in [0.4, 0.5) is 13.2 Å². The van der Waals surface area contributed by atoms with Gasteiger partial charge in [0.1, 0.15) is 0 Å². The normalized spacial score (nSPS) is 30.6. The second-order valence-electron chi connectivity index (χ2n) is 3.57. The molecule has 0 aromatic carbocycles. The summed E-state index contributed by atoms with van der Waals surface area (Å²) in [6, 6.07) is -0.313. The van der Waals surface area contributed by atoms with E-state index < -0.39 is 24.9 Å². The predicted molar refractivity (Wildman–Crippen MR) is 43.7 cm³/mol. The molecule has 6 heteroatoms. The van der Waals surface area contributed by atoms with Gasteiger partial charge in [-0.15, -0.1) is 0 Å². The molecule has 84 valence electrons. The summed E-state index contributed by atoms with van der Waals surface area (Å²) in [6.45, 7) is -0.550. The second-order valence-corrected chi connectivity index (χ2v) is 3.57. The highest BCUT2D eigenvalue weighted by Gasteiger charge is 2.38. The van der Waals surface area contributed by atoms with E-state index in [1.807, 2.05) is 0 Å². The van der Waals surface area contributed by atoms with Gasteiger partial charge in [-0.05, 0) is 19.3 Å². The Morgan fingerprint density at radius 1 is 1.36 bits per heavy atom. The zero-order valence-corrected chi connectivity index (χ0v) is 7.59. The molecule has 0 aromatic heterocycles. The number of aliphatic hydroxyl groups excluding tert-OH is 2. The molecule has 0 spiro atoms. The van der Waals surface area contributed by atoms with Crippen LogP contribution in [0, 0.1) is 0 Å². The molecule has 1 fully saturated rings. The molecule has 14 heavy (non-hydrogen) atoms. The van der Waals surface area contributed by atoms with Gasteiger partial charge in [-0.25, -0.2) is 0 Å². The fraction of sp³-hybridized carbons (Fsp3) is 1.00. The minimum atomic E-state index is -4.59. The van der Waals surface area contributed by atoms with Gasteiger partial charge in [-0.1, -0.05) is 0 Å². The Morgan fingerprint density at radius 2 is 2.00 bits per heavy atom. The van der Waals surface area contributed by atoms with Gasteiger partial charge in [0.15, 0.2) is 6.10 Å². The first-order valence-corrected chi connectivity index (χ1v) is 4.57. The van der Waals surface area contributed by atoms with Crippen molar-refractivity contribution in [2.45, 2.75) is 43.7 Å². The topological polar surface area (TPSA) is 52.5 Å². The van der Waals surface area contributed by atoms with Gasteiger partial charge in [0.25, 0.3) is 0 Å². The summed E-state index contributed by atoms with van der Waals surface area (Å²) < 4.78 is 35.6. The van der Waals surface area contributed by atoms with Crippen molar-refractivity contribution in [2.75, 3.05) is 6.54 Å². The number of alkyl halides is 3. The maximum absolute atomic E-state index is 11.9. The number of hydrogen-bond donors (Lipinski definition) is 3. The molecule has 0 heterocycles. The summed E-state index contributed by atoms with van der Waals surface area (Å²) in [6.07, 6.45) is -5.45. The highest BCUT2D eigenvalue weighted by atomic mass is 19.4. The quantitative estimate of drug-likeness (QED) is 0.636. The van der Waals surface area contributed by atoms with E-state index >= 15 is 0 Å². The van der Waals surface area contributed by atoms with E-state index in [0.29, 0.717) is 12.8 Å². The molecule has 0 radical (unpaired) electrons. The van der Waals surface area contributed by atoms with E-state index in [0.717, 1.165) is 6.42 Å². The molecular weight excluding hydrogens is 199 g/mol. The Bertz CT molecular complexity index is 184. The van der Waals surface area contributed by atoms with Crippen LogP contribution in [0.15, 0.2) is 0 Å². The highest BCUT2D eigenvalue weighted by molar-refractivity contribution is 4.84. The number of aliphatic hydroxyl groups is 2. The van der Waals surface area contributed by atoms with Crippen molar-refractivity contribution < 1.29 is 23.4 Å². The summed E-state index contributed by atoms with van der Waals surface area (Å²) in [5.41, 5.74) is 0. The molecule has 1 saturated carbocycles. The molecular formula is C8H14F3NO2. The minimum absolute atomic E-state index is 0.313. The van der Waals surface area contributed by atoms with Crippen LogP contribution in [-0.4, -0.2) is 41.2 Å². The van der Waals surface area contributed by atoms with Gasteiger partial charge in [0.2, 0.25) is 0 Å². The van der Waals surface area contributed by atoms with Crippen LogP contribution in [0.5, 0.6) is 0 Å². The molecule has 3 atom stereocenters. The monoisotopic (exact) mass is 213 g/mol. The van der Waals surface area contributed by atoms with Crippen LogP contribution in [0.25, 0.3) is 0 Å². The van der Waals surface area contributed by atoms with Crippen molar-refractivity contribution in [3.8, 4) is 0 Å². The first kappa shape index (κ1) is 11.7. The van der Waals surface area contributed by atoms with Crippen LogP contribution < -0.4 is 5.32 Å². The number of rotatable bonds is 3. The molecule has 1 aliphatic carbocycles. The van der Waals surface area contributed by atoms with Crippen LogP contribution >= 0.6 is 0 Å². The molecule has 1 unspecified atom stereocenters. The molecule has 1 aliphatic rings. The predicted octanol–water partition coefficient (Wildman–Crippen LogP) is 0.413. The first-order valence-electron chi connectivity index (χ1n) is 4.57. The molecule has 0 bridgehead atoms. The third kappa shape index (κ3) is 3.11. The average molecular weight is 213 g/mol. The molecule has 0 saturated heterocycles. The van der Waals surface area contributed by atoms with Crippen molar-refractivity contribution in [2.24, 2.45) is 0 Å². The molecule has 3 N–H and O–H groups in total. The first-order chi connectivity index (χ1) is 6.41. The lowest BCUT2D eigenvalue weighted by molar-refractivity contribution is -0.202. The van der Waals surface area contributed by atoms with E-state index in [9.17, 15) is 18.3 Å². The van der Waals surface area contributed by atoms with Gasteiger partial charge in [-0.2, -0.15) is 13.2 Å². The van der Waals surface area contributed by atoms with Gasteiger partial charge >= 0.3 is 6.18 Å². The lowest BCUT2D eigenvalue weighted by Crippen LogP contribution is -2.44. The Hall–Kier alpha value is -0.330. The van der Waals surface area contributed by atoms with Gasteiger partial charge in [-0.3, -0.25) is 0 Å². The summed E-state index contributed by atoms with van der Waals surface area (Å²) in [4.78, 5) is 0. The van der Waals surface area contributed by atoms with Crippen LogP contribution in [0.1, 0.15) is 19.3 Å². The zero-order chi connectivity index (χ0) is 10.8. The molecule has 3 nitrogen and oxygen atoms in total. The largest absolute Gasteiger partial charge is 0.415 e. The Kier molecular flexibility index (Phi) is 3.74. The van der Waals surface area contributed by atoms with Crippen LogP contribution in [-0.2, 0) is 0 Å². The third-order valence-corrected chi connectivity index (χ3v) is 2.43. The minimum Gasteiger partial charge on any atom is -0.392 e. The van der Waals surface area contributed by atoms with Gasteiger partial charge in [0, 0.05) is 12.6 Å². The average Bonchev–Trinajstić information content (AvgIpc) is 2.45. The summed E-state index contributed by atoms with van der Waals surface area (Å²) >= 11 is 0. The van der Waals surface area contributed by atoms with Crippen molar-refractivity contribution in [3.05, 3.63) is 0 Å². The fourth-order valence-electron chi connectivity index (χ4n) is 1.56. The number of hydrogen-bond acceptors (Lipinski definition) is 3. The van der Waals surface area contributed by atoms with Crippen LogP contribution in [0.2, 0.25) is 0 Å². The van der Waals surface area contributed by atoms with E-state index in [4.69, 9.17) is 5.11 Å². The van der Waals surface area contributed by atoms with Gasteiger partial charge < -0.3 is 15.5 Å². The molecule has 0 aliphatic heterocycles.